The maximum absolute atomic E-state index is 11.0. The first-order chi connectivity index (χ1) is 8.16. The van der Waals surface area contributed by atoms with Crippen LogP contribution in [0.1, 0.15) is 21.6 Å². The lowest BCUT2D eigenvalue weighted by atomic mass is 10.1. The van der Waals surface area contributed by atoms with Crippen molar-refractivity contribution in [3.8, 4) is 0 Å². The van der Waals surface area contributed by atoms with Gasteiger partial charge in [-0.05, 0) is 30.7 Å². The Labute approximate surface area is 103 Å². The number of rotatable bonds is 4. The number of aromatic nitrogens is 1. The van der Waals surface area contributed by atoms with Gasteiger partial charge in [0.15, 0.2) is 0 Å². The van der Waals surface area contributed by atoms with Gasteiger partial charge in [0.05, 0.1) is 17.7 Å². The SMILES string of the molecule is Cc1cc(C(N)=O)ccc1NCc1cscn1. The number of amides is 1. The van der Waals surface area contributed by atoms with Gasteiger partial charge in [-0.3, -0.25) is 4.79 Å². The number of aryl methyl sites for hydroxylation is 1. The van der Waals surface area contributed by atoms with Gasteiger partial charge in [-0.25, -0.2) is 4.98 Å². The van der Waals surface area contributed by atoms with Crippen LogP contribution in [0, 0.1) is 6.92 Å². The lowest BCUT2D eigenvalue weighted by Gasteiger charge is -2.09. The number of anilines is 1. The molecule has 0 aliphatic heterocycles. The smallest absolute Gasteiger partial charge is 0.248 e. The Bertz CT molecular complexity index is 523. The standard InChI is InChI=1S/C12H13N3OS/c1-8-4-9(12(13)16)2-3-11(8)14-5-10-6-17-7-15-10/h2-4,6-7,14H,5H2,1H3,(H2,13,16). The fourth-order valence-corrected chi connectivity index (χ4v) is 2.08. The van der Waals surface area contributed by atoms with Gasteiger partial charge in [0.1, 0.15) is 0 Å². The maximum Gasteiger partial charge on any atom is 0.248 e. The van der Waals surface area contributed by atoms with Gasteiger partial charge in [-0.2, -0.15) is 0 Å². The number of carbonyl (C=O) groups excluding carboxylic acids is 1. The zero-order chi connectivity index (χ0) is 12.3. The molecule has 1 heterocycles. The fraction of sp³-hybridized carbons (Fsp3) is 0.167. The molecule has 0 bridgehead atoms. The van der Waals surface area contributed by atoms with Crippen LogP contribution in [0.15, 0.2) is 29.1 Å². The molecule has 0 spiro atoms. The van der Waals surface area contributed by atoms with Crippen LogP contribution in [0.3, 0.4) is 0 Å². The van der Waals surface area contributed by atoms with Crippen LogP contribution in [-0.2, 0) is 6.54 Å². The van der Waals surface area contributed by atoms with Crippen LogP contribution in [0.2, 0.25) is 0 Å². The number of nitrogens with two attached hydrogens (primary N) is 1. The summed E-state index contributed by atoms with van der Waals surface area (Å²) in [5, 5.41) is 5.27. The molecule has 2 aromatic rings. The van der Waals surface area contributed by atoms with E-state index >= 15 is 0 Å². The molecule has 4 nitrogen and oxygen atoms in total. The molecule has 0 saturated carbocycles. The molecule has 17 heavy (non-hydrogen) atoms. The third-order valence-electron chi connectivity index (χ3n) is 2.45. The average Bonchev–Trinajstić information content (AvgIpc) is 2.80. The Morgan fingerprint density at radius 1 is 1.53 bits per heavy atom. The second kappa shape index (κ2) is 4.97. The quantitative estimate of drug-likeness (QED) is 0.870. The topological polar surface area (TPSA) is 68.0 Å². The Morgan fingerprint density at radius 2 is 2.35 bits per heavy atom. The van der Waals surface area contributed by atoms with Crippen molar-refractivity contribution in [2.75, 3.05) is 5.32 Å². The lowest BCUT2D eigenvalue weighted by Crippen LogP contribution is -2.11. The summed E-state index contributed by atoms with van der Waals surface area (Å²) in [4.78, 5) is 15.2. The molecule has 88 valence electrons. The second-order valence-electron chi connectivity index (χ2n) is 3.73. The largest absolute Gasteiger partial charge is 0.379 e. The van der Waals surface area contributed by atoms with Gasteiger partial charge in [0.2, 0.25) is 5.91 Å². The first kappa shape index (κ1) is 11.6. The molecule has 2 rings (SSSR count). The first-order valence-electron chi connectivity index (χ1n) is 5.18. The number of hydrogen-bond acceptors (Lipinski definition) is 4. The van der Waals surface area contributed by atoms with Crippen molar-refractivity contribution in [3.63, 3.8) is 0 Å². The van der Waals surface area contributed by atoms with Crippen molar-refractivity contribution in [1.29, 1.82) is 0 Å². The maximum atomic E-state index is 11.0. The fourth-order valence-electron chi connectivity index (χ4n) is 1.53. The van der Waals surface area contributed by atoms with E-state index in [0.29, 0.717) is 12.1 Å². The van der Waals surface area contributed by atoms with Crippen molar-refractivity contribution in [3.05, 3.63) is 45.9 Å². The van der Waals surface area contributed by atoms with E-state index in [2.05, 4.69) is 10.3 Å². The summed E-state index contributed by atoms with van der Waals surface area (Å²) in [5.41, 5.74) is 10.5. The summed E-state index contributed by atoms with van der Waals surface area (Å²) in [6.07, 6.45) is 0. The Morgan fingerprint density at radius 3 is 2.94 bits per heavy atom. The molecule has 5 heteroatoms. The van der Waals surface area contributed by atoms with Crippen molar-refractivity contribution in [2.45, 2.75) is 13.5 Å². The number of primary amides is 1. The number of thiazole rings is 1. The lowest BCUT2D eigenvalue weighted by molar-refractivity contribution is 0.1000. The monoisotopic (exact) mass is 247 g/mol. The van der Waals surface area contributed by atoms with Gasteiger partial charge in [-0.1, -0.05) is 0 Å². The van der Waals surface area contributed by atoms with E-state index in [1.807, 2.05) is 18.4 Å². The van der Waals surface area contributed by atoms with Crippen molar-refractivity contribution in [1.82, 2.24) is 4.98 Å². The van der Waals surface area contributed by atoms with Gasteiger partial charge in [0.25, 0.3) is 0 Å². The molecule has 1 amide bonds. The predicted molar refractivity (Wildman–Crippen MR) is 69.1 cm³/mol. The van der Waals surface area contributed by atoms with Crippen LogP contribution in [0.4, 0.5) is 5.69 Å². The van der Waals surface area contributed by atoms with E-state index in [9.17, 15) is 4.79 Å². The highest BCUT2D eigenvalue weighted by molar-refractivity contribution is 7.07. The third kappa shape index (κ3) is 2.82. The zero-order valence-electron chi connectivity index (χ0n) is 9.43. The average molecular weight is 247 g/mol. The molecule has 0 aliphatic rings. The molecule has 1 aromatic carbocycles. The van der Waals surface area contributed by atoms with Crippen molar-refractivity contribution in [2.24, 2.45) is 5.73 Å². The van der Waals surface area contributed by atoms with E-state index in [1.165, 1.54) is 0 Å². The summed E-state index contributed by atoms with van der Waals surface area (Å²) in [5.74, 6) is -0.404. The van der Waals surface area contributed by atoms with Crippen LogP contribution in [0.5, 0.6) is 0 Å². The van der Waals surface area contributed by atoms with Gasteiger partial charge in [-0.15, -0.1) is 11.3 Å². The summed E-state index contributed by atoms with van der Waals surface area (Å²) < 4.78 is 0. The van der Waals surface area contributed by atoms with E-state index in [-0.39, 0.29) is 0 Å². The predicted octanol–water partition coefficient (Wildman–Crippen LogP) is 2.16. The summed E-state index contributed by atoms with van der Waals surface area (Å²) in [6, 6.07) is 5.37. The molecule has 0 saturated heterocycles. The minimum absolute atomic E-state index is 0.404. The Kier molecular flexibility index (Phi) is 3.39. The minimum Gasteiger partial charge on any atom is -0.379 e. The highest BCUT2D eigenvalue weighted by Crippen LogP contribution is 2.17. The third-order valence-corrected chi connectivity index (χ3v) is 3.09. The molecule has 0 radical (unpaired) electrons. The van der Waals surface area contributed by atoms with Gasteiger partial charge < -0.3 is 11.1 Å². The number of benzene rings is 1. The van der Waals surface area contributed by atoms with E-state index in [0.717, 1.165) is 16.9 Å². The Balaban J connectivity index is 2.09. The number of hydrogen-bond donors (Lipinski definition) is 2. The highest BCUT2D eigenvalue weighted by atomic mass is 32.1. The van der Waals surface area contributed by atoms with Crippen LogP contribution >= 0.6 is 11.3 Å². The van der Waals surface area contributed by atoms with E-state index in [4.69, 9.17) is 5.73 Å². The molecular formula is C12H13N3OS. The molecule has 3 N–H and O–H groups in total. The van der Waals surface area contributed by atoms with Crippen LogP contribution < -0.4 is 11.1 Å². The summed E-state index contributed by atoms with van der Waals surface area (Å²) in [7, 11) is 0. The van der Waals surface area contributed by atoms with Crippen molar-refractivity contribution < 1.29 is 4.79 Å². The molecule has 1 aromatic heterocycles. The molecule has 0 atom stereocenters. The first-order valence-corrected chi connectivity index (χ1v) is 6.12. The van der Waals surface area contributed by atoms with Crippen molar-refractivity contribution >= 4 is 22.9 Å². The minimum atomic E-state index is -0.404. The summed E-state index contributed by atoms with van der Waals surface area (Å²) in [6.45, 7) is 2.62. The number of nitrogens with one attached hydrogen (secondary N) is 1. The number of nitrogens with zero attached hydrogens (tertiary/aromatic N) is 1. The molecule has 0 aliphatic carbocycles. The van der Waals surface area contributed by atoms with E-state index < -0.39 is 5.91 Å². The van der Waals surface area contributed by atoms with Gasteiger partial charge >= 0.3 is 0 Å². The number of carbonyl (C=O) groups is 1. The Hall–Kier alpha value is -1.88. The molecule has 0 unspecified atom stereocenters. The van der Waals surface area contributed by atoms with Gasteiger partial charge in [0, 0.05) is 16.6 Å². The van der Waals surface area contributed by atoms with E-state index in [1.54, 1.807) is 29.0 Å². The molecular weight excluding hydrogens is 234 g/mol. The summed E-state index contributed by atoms with van der Waals surface area (Å²) >= 11 is 1.57. The zero-order valence-corrected chi connectivity index (χ0v) is 10.3. The normalized spacial score (nSPS) is 10.2. The highest BCUT2D eigenvalue weighted by Gasteiger charge is 2.04. The molecule has 0 fully saturated rings. The van der Waals surface area contributed by atoms with Crippen LogP contribution in [0.25, 0.3) is 0 Å². The second-order valence-corrected chi connectivity index (χ2v) is 4.45. The van der Waals surface area contributed by atoms with Crippen LogP contribution in [-0.4, -0.2) is 10.9 Å².